The monoisotopic (exact) mass is 457 g/mol. The van der Waals surface area contributed by atoms with E-state index in [9.17, 15) is 18.4 Å². The Balaban J connectivity index is 0.000000257. The van der Waals surface area contributed by atoms with Crippen LogP contribution in [0, 0.1) is 11.6 Å². The molecule has 0 bridgehead atoms. The number of carbonyl (C=O) groups is 2. The Bertz CT molecular complexity index is 955. The first-order valence-corrected chi connectivity index (χ1v) is 10.9. The first-order valence-electron chi connectivity index (χ1n) is 10.9. The van der Waals surface area contributed by atoms with Crippen molar-refractivity contribution in [3.8, 4) is 0 Å². The van der Waals surface area contributed by atoms with Crippen molar-refractivity contribution in [3.63, 3.8) is 0 Å². The van der Waals surface area contributed by atoms with E-state index in [0.29, 0.717) is 18.8 Å². The van der Waals surface area contributed by atoms with Crippen molar-refractivity contribution in [2.24, 2.45) is 0 Å². The largest absolute Gasteiger partial charge is 0.385 e. The van der Waals surface area contributed by atoms with E-state index < -0.39 is 29.4 Å². The van der Waals surface area contributed by atoms with Crippen LogP contribution in [0.4, 0.5) is 14.5 Å². The van der Waals surface area contributed by atoms with E-state index in [1.54, 1.807) is 13.3 Å². The number of nitrogens with one attached hydrogen (secondary N) is 2. The van der Waals surface area contributed by atoms with Crippen LogP contribution in [0.3, 0.4) is 0 Å². The van der Waals surface area contributed by atoms with Gasteiger partial charge in [-0.25, -0.2) is 8.78 Å². The van der Waals surface area contributed by atoms with Crippen molar-refractivity contribution < 1.29 is 23.1 Å². The summed E-state index contributed by atoms with van der Waals surface area (Å²) in [6, 6.07) is 13.0. The quantitative estimate of drug-likeness (QED) is 0.625. The number of ether oxygens (including phenoxy) is 1. The second kappa shape index (κ2) is 11.6. The van der Waals surface area contributed by atoms with Crippen LogP contribution < -0.4 is 15.5 Å². The average molecular weight is 458 g/mol. The summed E-state index contributed by atoms with van der Waals surface area (Å²) in [5, 5.41) is 5.16. The highest BCUT2D eigenvalue weighted by Crippen LogP contribution is 2.33. The van der Waals surface area contributed by atoms with E-state index in [0.717, 1.165) is 13.0 Å². The predicted molar refractivity (Wildman–Crippen MR) is 123 cm³/mol. The summed E-state index contributed by atoms with van der Waals surface area (Å²) in [4.78, 5) is 24.8. The molecule has 1 unspecified atom stereocenters. The number of piperidine rings is 1. The number of carbonyl (C=O) groups excluding carboxylic acids is 2. The standard InChI is InChI=1S/C16H17F2N3O2.C9H12O/c1-2-19-9-7-21(8-9)10-5-12(17)15(13(18)6-10)11-3-4-14(22)20-16(11)23;1-10-8-7-9-5-3-2-4-6-9/h2,5-6,9,11,19H,1,3-4,7-8H2,(H,20,22,23);2-6H,7-8H2,1H3. The highest BCUT2D eigenvalue weighted by molar-refractivity contribution is 6.01. The molecule has 2 saturated heterocycles. The molecule has 0 spiro atoms. The molecule has 2 aliphatic heterocycles. The van der Waals surface area contributed by atoms with Gasteiger partial charge in [0.25, 0.3) is 0 Å². The van der Waals surface area contributed by atoms with Gasteiger partial charge >= 0.3 is 0 Å². The first kappa shape index (κ1) is 24.4. The van der Waals surface area contributed by atoms with Gasteiger partial charge in [0, 0.05) is 37.9 Å². The topological polar surface area (TPSA) is 70.7 Å². The van der Waals surface area contributed by atoms with Gasteiger partial charge in [-0.15, -0.1) is 0 Å². The number of hydrogen-bond donors (Lipinski definition) is 2. The molecule has 2 aromatic carbocycles. The molecule has 0 aliphatic carbocycles. The van der Waals surface area contributed by atoms with Crippen LogP contribution in [0.1, 0.15) is 29.9 Å². The third-order valence-corrected chi connectivity index (χ3v) is 5.69. The zero-order valence-electron chi connectivity index (χ0n) is 18.7. The van der Waals surface area contributed by atoms with Gasteiger partial charge in [-0.2, -0.15) is 0 Å². The van der Waals surface area contributed by atoms with Crippen LogP contribution in [0.25, 0.3) is 0 Å². The molecule has 176 valence electrons. The summed E-state index contributed by atoms with van der Waals surface area (Å²) in [6.45, 7) is 5.64. The minimum Gasteiger partial charge on any atom is -0.385 e. The minimum absolute atomic E-state index is 0.0814. The molecule has 2 heterocycles. The van der Waals surface area contributed by atoms with Crippen LogP contribution in [0.2, 0.25) is 0 Å². The summed E-state index contributed by atoms with van der Waals surface area (Å²) in [5.41, 5.74) is 1.52. The maximum absolute atomic E-state index is 14.4. The zero-order chi connectivity index (χ0) is 23.8. The smallest absolute Gasteiger partial charge is 0.234 e. The molecule has 2 fully saturated rings. The molecule has 6 nitrogen and oxygen atoms in total. The number of methoxy groups -OCH3 is 1. The molecule has 2 aliphatic rings. The third-order valence-electron chi connectivity index (χ3n) is 5.69. The summed E-state index contributed by atoms with van der Waals surface area (Å²) in [6.07, 6.45) is 2.80. The zero-order valence-corrected chi connectivity index (χ0v) is 18.7. The fourth-order valence-electron chi connectivity index (χ4n) is 3.88. The average Bonchev–Trinajstić information content (AvgIpc) is 2.76. The SMILES string of the molecule is C=CNC1CN(c2cc(F)c(C3CCC(=O)NC3=O)c(F)c2)C1.COCCc1ccccc1. The minimum atomic E-state index is -0.965. The van der Waals surface area contributed by atoms with Gasteiger partial charge in [-0.3, -0.25) is 14.9 Å². The Hall–Kier alpha value is -3.26. The van der Waals surface area contributed by atoms with Gasteiger partial charge in [0.05, 0.1) is 18.6 Å². The van der Waals surface area contributed by atoms with Crippen LogP contribution in [-0.4, -0.2) is 44.7 Å². The molecule has 0 saturated carbocycles. The van der Waals surface area contributed by atoms with Crippen molar-refractivity contribution >= 4 is 17.5 Å². The Morgan fingerprint density at radius 1 is 1.18 bits per heavy atom. The molecule has 2 N–H and O–H groups in total. The second-order valence-electron chi connectivity index (χ2n) is 8.03. The molecular weight excluding hydrogens is 428 g/mol. The highest BCUT2D eigenvalue weighted by atomic mass is 19.1. The van der Waals surface area contributed by atoms with Gasteiger partial charge in [0.1, 0.15) is 11.6 Å². The molecule has 2 amide bonds. The van der Waals surface area contributed by atoms with Crippen molar-refractivity contribution in [2.75, 3.05) is 31.7 Å². The molecule has 4 rings (SSSR count). The summed E-state index contributed by atoms with van der Waals surface area (Å²) in [5.74, 6) is -3.53. The lowest BCUT2D eigenvalue weighted by Gasteiger charge is -2.41. The maximum atomic E-state index is 14.4. The molecule has 0 radical (unpaired) electrons. The van der Waals surface area contributed by atoms with Crippen molar-refractivity contribution in [2.45, 2.75) is 31.2 Å². The van der Waals surface area contributed by atoms with Crippen LogP contribution >= 0.6 is 0 Å². The number of imide groups is 1. The second-order valence-corrected chi connectivity index (χ2v) is 8.03. The van der Waals surface area contributed by atoms with E-state index in [1.165, 1.54) is 17.7 Å². The van der Waals surface area contributed by atoms with Crippen LogP contribution in [0.5, 0.6) is 0 Å². The number of rotatable bonds is 7. The number of amides is 2. The van der Waals surface area contributed by atoms with Gasteiger partial charge in [-0.1, -0.05) is 36.9 Å². The van der Waals surface area contributed by atoms with E-state index in [2.05, 4.69) is 29.3 Å². The fourth-order valence-corrected chi connectivity index (χ4v) is 3.88. The van der Waals surface area contributed by atoms with Gasteiger partial charge in [-0.05, 0) is 36.7 Å². The summed E-state index contributed by atoms with van der Waals surface area (Å²) < 4.78 is 33.7. The van der Waals surface area contributed by atoms with E-state index in [4.69, 9.17) is 4.74 Å². The molecule has 33 heavy (non-hydrogen) atoms. The Kier molecular flexibility index (Phi) is 8.54. The van der Waals surface area contributed by atoms with Gasteiger partial charge in [0.15, 0.2) is 0 Å². The lowest BCUT2D eigenvalue weighted by atomic mass is 9.89. The first-order chi connectivity index (χ1) is 15.9. The van der Waals surface area contributed by atoms with E-state index >= 15 is 0 Å². The third kappa shape index (κ3) is 6.38. The predicted octanol–water partition coefficient (Wildman–Crippen LogP) is 3.28. The van der Waals surface area contributed by atoms with Crippen molar-refractivity contribution in [1.29, 1.82) is 0 Å². The Morgan fingerprint density at radius 3 is 2.42 bits per heavy atom. The normalized spacial score (nSPS) is 18.0. The fraction of sp³-hybridized carbons (Fsp3) is 0.360. The number of benzene rings is 2. The van der Waals surface area contributed by atoms with E-state index in [-0.39, 0.29) is 24.4 Å². The summed E-state index contributed by atoms with van der Waals surface area (Å²) in [7, 11) is 1.73. The van der Waals surface area contributed by atoms with Crippen LogP contribution in [0.15, 0.2) is 55.2 Å². The number of hydrogen-bond acceptors (Lipinski definition) is 5. The van der Waals surface area contributed by atoms with Crippen LogP contribution in [-0.2, 0) is 20.7 Å². The number of anilines is 1. The lowest BCUT2D eigenvalue weighted by Crippen LogP contribution is -2.56. The van der Waals surface area contributed by atoms with E-state index in [1.807, 2.05) is 23.1 Å². The van der Waals surface area contributed by atoms with Gasteiger partial charge in [0.2, 0.25) is 11.8 Å². The molecule has 2 aromatic rings. The van der Waals surface area contributed by atoms with Gasteiger partial charge < -0.3 is 15.0 Å². The van der Waals surface area contributed by atoms with Crippen molar-refractivity contribution in [3.05, 3.63) is 78.0 Å². The molecule has 0 aromatic heterocycles. The number of nitrogens with zero attached hydrogens (tertiary/aromatic N) is 1. The Morgan fingerprint density at radius 2 is 1.85 bits per heavy atom. The molecule has 1 atom stereocenters. The maximum Gasteiger partial charge on any atom is 0.234 e. The summed E-state index contributed by atoms with van der Waals surface area (Å²) >= 11 is 0. The highest BCUT2D eigenvalue weighted by Gasteiger charge is 2.34. The number of halogens is 2. The Labute approximate surface area is 192 Å². The lowest BCUT2D eigenvalue weighted by molar-refractivity contribution is -0.134. The van der Waals surface area contributed by atoms with Crippen molar-refractivity contribution in [1.82, 2.24) is 10.6 Å². The molecular formula is C25H29F2N3O3. The molecule has 8 heteroatoms.